The standard InChI is InChI=1S/C67H36F12N4O11/c1-28-5-7-29(8-6-28)13-30-9-11-33(12-10-30)81-56(86)39-21-47-51(25-43(39)59(81)89)94-53-27-45-41(23-49(53)63(47,3)67(77,78)79)58(88)83(61(45)91)35-15-32(65(71,72)73)17-37(19-35)92-36-16-31(64(68,69)70)14-34(18-36)82-57(87)40-22-48-52(26-44(40)60(82)90)93-50-24-42-38(54(84)80(4)55(42)85)20-46(50)62(48,2)66(74,75)76/h5-12,14-27H,13H2,1-4H3. The van der Waals surface area contributed by atoms with Gasteiger partial charge in [0, 0.05) is 41.4 Å². The number of amides is 8. The molecule has 0 spiro atoms. The highest BCUT2D eigenvalue weighted by Crippen LogP contribution is 2.60. The van der Waals surface area contributed by atoms with Gasteiger partial charge in [-0.25, -0.2) is 14.7 Å². The molecule has 8 aromatic rings. The van der Waals surface area contributed by atoms with E-state index in [9.17, 15) is 64.7 Å². The van der Waals surface area contributed by atoms with E-state index in [4.69, 9.17) is 14.2 Å². The lowest BCUT2D eigenvalue weighted by Gasteiger charge is -2.39. The van der Waals surface area contributed by atoms with Crippen molar-refractivity contribution in [3.63, 3.8) is 0 Å². The SMILES string of the molecule is Cc1ccc(Cc2ccc(N3C(=O)c4cc5c(cc4C3=O)C(C)(C(F)(F)F)c3cc4c(cc3O5)C(=O)N(c3cc(Oc5cc(N6C(=O)c7cc8c(cc7C6=O)C(C)(C(F)(F)F)c6cc7c(cc6O8)C(=O)N(C)C7=O)cc(C(F)(F)F)c5)cc(C(F)(F)F)c3)C4=O)cc2)cc1. The minimum atomic E-state index is -5.41. The summed E-state index contributed by atoms with van der Waals surface area (Å²) in [6.07, 6.45) is -20.9. The van der Waals surface area contributed by atoms with Crippen molar-refractivity contribution in [3.8, 4) is 34.5 Å². The van der Waals surface area contributed by atoms with Gasteiger partial charge in [-0.3, -0.25) is 43.3 Å². The minimum absolute atomic E-state index is 0.0950. The summed E-state index contributed by atoms with van der Waals surface area (Å²) >= 11 is 0. The maximum absolute atomic E-state index is 15.9. The van der Waals surface area contributed by atoms with E-state index in [2.05, 4.69) is 0 Å². The van der Waals surface area contributed by atoms with Gasteiger partial charge in [0.25, 0.3) is 47.3 Å². The van der Waals surface area contributed by atoms with Crippen LogP contribution in [0.4, 0.5) is 69.7 Å². The Morgan fingerprint density at radius 2 is 0.660 bits per heavy atom. The summed E-state index contributed by atoms with van der Waals surface area (Å²) in [5.74, 6) is -14.4. The van der Waals surface area contributed by atoms with Gasteiger partial charge in [0.1, 0.15) is 45.3 Å². The van der Waals surface area contributed by atoms with Crippen molar-refractivity contribution < 1.29 is 105 Å². The number of fused-ring (bicyclic) bond motifs is 8. The molecule has 6 aliphatic heterocycles. The van der Waals surface area contributed by atoms with E-state index in [-0.39, 0.29) is 50.9 Å². The fraction of sp³-hybridized carbons (Fsp3) is 0.164. The van der Waals surface area contributed by atoms with Crippen molar-refractivity contribution in [2.75, 3.05) is 21.7 Å². The average molecular weight is 1300 g/mol. The molecule has 0 N–H and O–H groups in total. The van der Waals surface area contributed by atoms with Gasteiger partial charge in [-0.15, -0.1) is 0 Å². The first-order chi connectivity index (χ1) is 44.0. The quantitative estimate of drug-likeness (QED) is 0.110. The molecule has 6 heterocycles. The van der Waals surface area contributed by atoms with E-state index in [1.165, 1.54) is 12.1 Å². The molecular weight excluding hydrogens is 1260 g/mol. The fourth-order valence-electron chi connectivity index (χ4n) is 12.6. The number of halogens is 12. The zero-order chi connectivity index (χ0) is 67.3. The Hall–Kier alpha value is -11.1. The number of hydrogen-bond donors (Lipinski definition) is 0. The Morgan fingerprint density at radius 1 is 0.372 bits per heavy atom. The number of imide groups is 4. The summed E-state index contributed by atoms with van der Waals surface area (Å²) in [5.41, 5.74) is -16.4. The van der Waals surface area contributed by atoms with E-state index >= 15 is 26.3 Å². The molecule has 0 aliphatic carbocycles. The van der Waals surface area contributed by atoms with Gasteiger partial charge >= 0.3 is 24.7 Å². The Balaban J connectivity index is 0.780. The first kappa shape index (κ1) is 60.4. The molecular formula is C67H36F12N4O11. The van der Waals surface area contributed by atoms with Gasteiger partial charge in [-0.1, -0.05) is 42.0 Å². The first-order valence-corrected chi connectivity index (χ1v) is 28.0. The van der Waals surface area contributed by atoms with E-state index in [0.717, 1.165) is 59.0 Å². The highest BCUT2D eigenvalue weighted by atomic mass is 19.4. The van der Waals surface area contributed by atoms with Crippen LogP contribution < -0.4 is 28.9 Å². The second-order valence-corrected chi connectivity index (χ2v) is 23.4. The summed E-state index contributed by atoms with van der Waals surface area (Å²) in [4.78, 5) is 113. The summed E-state index contributed by atoms with van der Waals surface area (Å²) in [6.45, 7) is 3.27. The largest absolute Gasteiger partial charge is 0.457 e. The maximum atomic E-state index is 15.9. The molecule has 8 amide bonds. The highest BCUT2D eigenvalue weighted by Gasteiger charge is 2.61. The second kappa shape index (κ2) is 19.7. The summed E-state index contributed by atoms with van der Waals surface area (Å²) in [6, 6.07) is 22.3. The van der Waals surface area contributed by atoms with Gasteiger partial charge in [0.15, 0.2) is 0 Å². The number of hydrogen-bond acceptors (Lipinski definition) is 11. The number of ether oxygens (including phenoxy) is 3. The molecule has 0 bridgehead atoms. The predicted molar refractivity (Wildman–Crippen MR) is 304 cm³/mol. The van der Waals surface area contributed by atoms with Crippen LogP contribution >= 0.6 is 0 Å². The van der Waals surface area contributed by atoms with Gasteiger partial charge in [0.2, 0.25) is 0 Å². The third kappa shape index (κ3) is 8.75. The number of alkyl halides is 12. The summed E-state index contributed by atoms with van der Waals surface area (Å²) in [7, 11) is 1.09. The maximum Gasteiger partial charge on any atom is 0.416 e. The average Bonchev–Trinajstić information content (AvgIpc) is 1.26. The lowest BCUT2D eigenvalue weighted by Crippen LogP contribution is -2.43. The zero-order valence-electron chi connectivity index (χ0n) is 48.2. The van der Waals surface area contributed by atoms with Crippen molar-refractivity contribution in [2.45, 2.75) is 62.7 Å². The molecule has 8 aromatic carbocycles. The molecule has 14 rings (SSSR count). The number of nitrogens with zero attached hydrogens (tertiary/aromatic N) is 4. The number of benzene rings is 8. The third-order valence-electron chi connectivity index (χ3n) is 17.8. The summed E-state index contributed by atoms with van der Waals surface area (Å²) < 4.78 is 200. The lowest BCUT2D eigenvalue weighted by atomic mass is 9.72. The molecule has 6 aliphatic rings. The first-order valence-electron chi connectivity index (χ1n) is 28.0. The van der Waals surface area contributed by atoms with Gasteiger partial charge in [-0.05, 0) is 123 Å². The van der Waals surface area contributed by atoms with Crippen molar-refractivity contribution >= 4 is 64.3 Å². The van der Waals surface area contributed by atoms with E-state index in [1.807, 2.05) is 31.2 Å². The van der Waals surface area contributed by atoms with E-state index in [1.54, 1.807) is 12.1 Å². The number of carbonyl (C=O) groups is 8. The predicted octanol–water partition coefficient (Wildman–Crippen LogP) is 15.0. The van der Waals surface area contributed by atoms with Crippen LogP contribution in [0, 0.1) is 6.92 Å². The third-order valence-corrected chi connectivity index (χ3v) is 17.8. The van der Waals surface area contributed by atoms with E-state index in [0.29, 0.717) is 55.5 Å². The molecule has 0 saturated heterocycles. The lowest BCUT2D eigenvalue weighted by molar-refractivity contribution is -0.175. The Kier molecular flexibility index (Phi) is 12.7. The molecule has 27 heteroatoms. The molecule has 0 aromatic heterocycles. The van der Waals surface area contributed by atoms with Crippen LogP contribution in [0.3, 0.4) is 0 Å². The van der Waals surface area contributed by atoms with Crippen molar-refractivity contribution in [2.24, 2.45) is 0 Å². The van der Waals surface area contributed by atoms with Crippen molar-refractivity contribution in [1.82, 2.24) is 4.90 Å². The number of carbonyl (C=O) groups excluding carboxylic acids is 8. The topological polar surface area (TPSA) is 177 Å². The molecule has 474 valence electrons. The molecule has 0 saturated carbocycles. The van der Waals surface area contributed by atoms with Crippen LogP contribution in [0.15, 0.2) is 133 Å². The number of rotatable bonds is 7. The Bertz CT molecular complexity index is 4880. The number of anilines is 3. The Morgan fingerprint density at radius 3 is 0.979 bits per heavy atom. The molecule has 0 fully saturated rings. The van der Waals surface area contributed by atoms with Crippen molar-refractivity contribution in [3.05, 3.63) is 228 Å². The minimum Gasteiger partial charge on any atom is -0.457 e. The Labute approximate surface area is 519 Å². The zero-order valence-corrected chi connectivity index (χ0v) is 48.2. The molecule has 2 atom stereocenters. The van der Waals surface area contributed by atoms with E-state index < -0.39 is 195 Å². The summed E-state index contributed by atoms with van der Waals surface area (Å²) in [5, 5.41) is 0. The molecule has 15 nitrogen and oxygen atoms in total. The monoisotopic (exact) mass is 1300 g/mol. The second-order valence-electron chi connectivity index (χ2n) is 23.4. The van der Waals surface area contributed by atoms with Gasteiger partial charge in [0.05, 0.1) is 72.7 Å². The van der Waals surface area contributed by atoms with Crippen LogP contribution in [-0.4, -0.2) is 71.6 Å². The van der Waals surface area contributed by atoms with Gasteiger partial charge in [-0.2, -0.15) is 52.7 Å². The van der Waals surface area contributed by atoms with Crippen LogP contribution in [0.5, 0.6) is 34.5 Å². The van der Waals surface area contributed by atoms with Crippen molar-refractivity contribution in [1.29, 1.82) is 0 Å². The normalized spacial score (nSPS) is 18.8. The smallest absolute Gasteiger partial charge is 0.416 e. The molecule has 2 unspecified atom stereocenters. The van der Waals surface area contributed by atoms with Crippen LogP contribution in [0.25, 0.3) is 0 Å². The number of aryl methyl sites for hydroxylation is 1. The molecule has 0 radical (unpaired) electrons. The molecule has 94 heavy (non-hydrogen) atoms. The van der Waals surface area contributed by atoms with Crippen LogP contribution in [0.2, 0.25) is 0 Å². The van der Waals surface area contributed by atoms with Crippen LogP contribution in [0.1, 0.15) is 147 Å². The highest BCUT2D eigenvalue weighted by molar-refractivity contribution is 6.36. The van der Waals surface area contributed by atoms with Crippen LogP contribution in [-0.2, 0) is 29.6 Å². The van der Waals surface area contributed by atoms with Gasteiger partial charge < -0.3 is 14.2 Å². The fourth-order valence-corrected chi connectivity index (χ4v) is 12.6.